The zero-order chi connectivity index (χ0) is 22.7. The number of aromatic nitrogens is 3. The van der Waals surface area contributed by atoms with E-state index in [0.29, 0.717) is 33.8 Å². The summed E-state index contributed by atoms with van der Waals surface area (Å²) in [6.07, 6.45) is 9.57. The molecule has 0 aromatic carbocycles. The zero-order valence-electron chi connectivity index (χ0n) is 18.1. The van der Waals surface area contributed by atoms with Crippen LogP contribution in [0, 0.1) is 12.3 Å². The number of methoxy groups -OCH3 is 1. The van der Waals surface area contributed by atoms with Gasteiger partial charge < -0.3 is 10.1 Å². The fourth-order valence-electron chi connectivity index (χ4n) is 3.55. The van der Waals surface area contributed by atoms with E-state index in [-0.39, 0.29) is 17.3 Å². The van der Waals surface area contributed by atoms with Crippen molar-refractivity contribution in [2.24, 2.45) is 10.5 Å². The monoisotopic (exact) mass is 475 g/mol. The van der Waals surface area contributed by atoms with Crippen molar-refractivity contribution in [2.75, 3.05) is 7.11 Å². The number of nitrogens with one attached hydrogen (secondary N) is 3. The molecule has 2 fully saturated rings. The van der Waals surface area contributed by atoms with Gasteiger partial charge in [-0.1, -0.05) is 11.6 Å². The Morgan fingerprint density at radius 3 is 2.69 bits per heavy atom. The van der Waals surface area contributed by atoms with Crippen molar-refractivity contribution in [3.05, 3.63) is 52.8 Å². The van der Waals surface area contributed by atoms with Gasteiger partial charge in [0.1, 0.15) is 6.10 Å². The molecule has 2 heterocycles. The van der Waals surface area contributed by atoms with Crippen LogP contribution < -0.4 is 15.5 Å². The Bertz CT molecular complexity index is 1000. The van der Waals surface area contributed by atoms with Crippen LogP contribution in [0.4, 0.5) is 0 Å². The van der Waals surface area contributed by atoms with Crippen molar-refractivity contribution >= 4 is 35.4 Å². The van der Waals surface area contributed by atoms with Gasteiger partial charge in [0.2, 0.25) is 5.96 Å². The normalized spacial score (nSPS) is 20.4. The summed E-state index contributed by atoms with van der Waals surface area (Å²) in [6.45, 7) is 3.89. The highest BCUT2D eigenvalue weighted by molar-refractivity contribution is 7.98. The molecule has 3 unspecified atom stereocenters. The quantitative estimate of drug-likeness (QED) is 0.231. The smallest absolute Gasteiger partial charge is 0.273 e. The Morgan fingerprint density at radius 1 is 1.31 bits per heavy atom. The zero-order valence-corrected chi connectivity index (χ0v) is 19.7. The van der Waals surface area contributed by atoms with Gasteiger partial charge in [0.25, 0.3) is 5.91 Å². The Morgan fingerprint density at radius 2 is 2.06 bits per heavy atom. The van der Waals surface area contributed by atoms with E-state index in [0.717, 1.165) is 12.0 Å². The molecule has 2 aliphatic rings. The number of nitrogens with zero attached hydrogens (tertiary/aromatic N) is 4. The second-order valence-electron chi connectivity index (χ2n) is 8.26. The van der Waals surface area contributed by atoms with Gasteiger partial charge in [-0.15, -0.1) is 5.10 Å². The number of guanidine groups is 1. The first kappa shape index (κ1) is 22.8. The van der Waals surface area contributed by atoms with Crippen LogP contribution in [0.3, 0.4) is 0 Å². The lowest BCUT2D eigenvalue weighted by Crippen LogP contribution is -2.39. The van der Waals surface area contributed by atoms with Crippen LogP contribution in [0.5, 0.6) is 0 Å². The maximum absolute atomic E-state index is 12.5. The van der Waals surface area contributed by atoms with Crippen molar-refractivity contribution in [3.8, 4) is 0 Å². The Kier molecular flexibility index (Phi) is 6.82. The molecule has 2 aliphatic carbocycles. The number of halogens is 1. The summed E-state index contributed by atoms with van der Waals surface area (Å²) in [6, 6.07) is 2.14. The van der Waals surface area contributed by atoms with Crippen LogP contribution in [0.2, 0.25) is 5.02 Å². The number of amides is 1. The van der Waals surface area contributed by atoms with Gasteiger partial charge in [-0.3, -0.25) is 14.5 Å². The molecule has 3 N–H and O–H groups in total. The second kappa shape index (κ2) is 9.60. The van der Waals surface area contributed by atoms with Crippen molar-refractivity contribution < 1.29 is 9.53 Å². The van der Waals surface area contributed by atoms with E-state index >= 15 is 0 Å². The summed E-state index contributed by atoms with van der Waals surface area (Å²) >= 11 is 7.30. The summed E-state index contributed by atoms with van der Waals surface area (Å²) in [7, 11) is 1.62. The molecule has 2 saturated carbocycles. The standard InChI is InChI=1S/C21H26ClN7O2S/c1-12-6-14(9-23-8-12)19(30)27-28-20(26-16-7-21(16)4-5-21)29-32-13(2)17(31-3)18-24-10-15(22)11-25-18/h6,8-11,13,16-17H,4-5,7H2,1-3H3,(H,27,30)(H2,26,28,29). The number of carbonyl (C=O) groups is 1. The van der Waals surface area contributed by atoms with Gasteiger partial charge in [-0.05, 0) is 62.1 Å². The van der Waals surface area contributed by atoms with E-state index in [1.165, 1.54) is 31.0 Å². The van der Waals surface area contributed by atoms with E-state index < -0.39 is 0 Å². The molecular formula is C21H26ClN7O2S. The molecule has 0 saturated heterocycles. The van der Waals surface area contributed by atoms with Gasteiger partial charge in [-0.25, -0.2) is 15.4 Å². The van der Waals surface area contributed by atoms with Crippen molar-refractivity contribution in [1.82, 2.24) is 30.4 Å². The summed E-state index contributed by atoms with van der Waals surface area (Å²) in [5, 5.41) is 8.14. The van der Waals surface area contributed by atoms with E-state index in [1.54, 1.807) is 31.8 Å². The molecule has 4 rings (SSSR count). The number of carbonyl (C=O) groups excluding carboxylic acids is 1. The van der Waals surface area contributed by atoms with E-state index in [2.05, 4.69) is 35.5 Å². The Hall–Kier alpha value is -2.43. The third-order valence-electron chi connectivity index (χ3n) is 5.72. The molecule has 9 nitrogen and oxygen atoms in total. The van der Waals surface area contributed by atoms with Crippen molar-refractivity contribution in [2.45, 2.75) is 50.5 Å². The molecule has 0 bridgehead atoms. The molecule has 32 heavy (non-hydrogen) atoms. The molecule has 1 amide bonds. The summed E-state index contributed by atoms with van der Waals surface area (Å²) in [4.78, 5) is 25.1. The highest BCUT2D eigenvalue weighted by atomic mass is 35.5. The lowest BCUT2D eigenvalue weighted by atomic mass is 10.2. The number of pyridine rings is 1. The highest BCUT2D eigenvalue weighted by Gasteiger charge is 2.63. The molecule has 170 valence electrons. The molecule has 2 aromatic rings. The Labute approximate surface area is 196 Å². The van der Waals surface area contributed by atoms with Crippen molar-refractivity contribution in [1.29, 1.82) is 0 Å². The summed E-state index contributed by atoms with van der Waals surface area (Å²) in [5.41, 5.74) is 4.40. The van der Waals surface area contributed by atoms with Gasteiger partial charge in [-0.2, -0.15) is 0 Å². The van der Waals surface area contributed by atoms with Crippen LogP contribution in [-0.4, -0.2) is 45.2 Å². The van der Waals surface area contributed by atoms with Crippen LogP contribution in [0.15, 0.2) is 36.0 Å². The maximum atomic E-state index is 12.5. The molecule has 1 spiro atoms. The number of ether oxygens (including phenoxy) is 1. The first-order chi connectivity index (χ1) is 15.4. The third-order valence-corrected chi connectivity index (χ3v) is 6.84. The molecule has 0 radical (unpaired) electrons. The van der Waals surface area contributed by atoms with Gasteiger partial charge in [0, 0.05) is 37.9 Å². The molecular weight excluding hydrogens is 450 g/mol. The van der Waals surface area contributed by atoms with Crippen LogP contribution >= 0.6 is 23.5 Å². The molecule has 11 heteroatoms. The average Bonchev–Trinajstić information content (AvgIpc) is 3.70. The topological polar surface area (TPSA) is 113 Å². The third kappa shape index (κ3) is 5.48. The SMILES string of the molecule is COC(c1ncc(Cl)cn1)C(C)SN/C(=N/NC(=O)c1cncc(C)c1)NC1CC12CC2. The lowest BCUT2D eigenvalue weighted by molar-refractivity contribution is 0.0953. The summed E-state index contributed by atoms with van der Waals surface area (Å²) < 4.78 is 8.84. The number of hydrogen-bond donors (Lipinski definition) is 3. The fraction of sp³-hybridized carbons (Fsp3) is 0.476. The number of hydrogen-bond acceptors (Lipinski definition) is 7. The molecule has 3 atom stereocenters. The van der Waals surface area contributed by atoms with Crippen molar-refractivity contribution in [3.63, 3.8) is 0 Å². The van der Waals surface area contributed by atoms with Crippen LogP contribution in [0.25, 0.3) is 0 Å². The lowest BCUT2D eigenvalue weighted by Gasteiger charge is -2.22. The number of hydrazone groups is 1. The number of aryl methyl sites for hydroxylation is 1. The first-order valence-electron chi connectivity index (χ1n) is 10.4. The first-order valence-corrected chi connectivity index (χ1v) is 11.6. The minimum atomic E-state index is -0.352. The van der Waals surface area contributed by atoms with Gasteiger partial charge in [0.05, 0.1) is 15.8 Å². The minimum absolute atomic E-state index is 0.0565. The maximum Gasteiger partial charge on any atom is 0.273 e. The Balaban J connectivity index is 1.40. The van der Waals surface area contributed by atoms with Crippen LogP contribution in [0.1, 0.15) is 54.0 Å². The second-order valence-corrected chi connectivity index (χ2v) is 9.88. The summed E-state index contributed by atoms with van der Waals surface area (Å²) in [5.74, 6) is 0.725. The average molecular weight is 476 g/mol. The van der Waals surface area contributed by atoms with Gasteiger partial charge >= 0.3 is 0 Å². The van der Waals surface area contributed by atoms with E-state index in [9.17, 15) is 4.79 Å². The minimum Gasteiger partial charge on any atom is -0.372 e. The number of rotatable bonds is 8. The molecule has 0 aliphatic heterocycles. The van der Waals surface area contributed by atoms with E-state index in [1.807, 2.05) is 13.8 Å². The fourth-order valence-corrected chi connectivity index (χ4v) is 4.41. The largest absolute Gasteiger partial charge is 0.372 e. The molecule has 2 aromatic heterocycles. The highest BCUT2D eigenvalue weighted by Crippen LogP contribution is 2.65. The van der Waals surface area contributed by atoms with E-state index in [4.69, 9.17) is 16.3 Å². The predicted octanol–water partition coefficient (Wildman–Crippen LogP) is 2.99. The predicted molar refractivity (Wildman–Crippen MR) is 124 cm³/mol. The van der Waals surface area contributed by atoms with Gasteiger partial charge in [0.15, 0.2) is 5.82 Å². The van der Waals surface area contributed by atoms with Crippen LogP contribution in [-0.2, 0) is 4.74 Å².